The van der Waals surface area contributed by atoms with Gasteiger partial charge >= 0.3 is 5.69 Å². The van der Waals surface area contributed by atoms with Crippen molar-refractivity contribution >= 4 is 39.2 Å². The number of carbonyl (C=O) groups excluding carboxylic acids is 1. The van der Waals surface area contributed by atoms with Gasteiger partial charge in [-0.05, 0) is 99.4 Å². The Morgan fingerprint density at radius 2 is 1.82 bits per heavy atom. The van der Waals surface area contributed by atoms with Crippen LogP contribution in [-0.2, 0) is 17.6 Å². The lowest BCUT2D eigenvalue weighted by molar-refractivity contribution is 0.0705. The maximum atomic E-state index is 16.2. The molecule has 6 heterocycles. The van der Waals surface area contributed by atoms with Crippen LogP contribution in [0.15, 0.2) is 82.2 Å². The quantitative estimate of drug-likeness (QED) is 0.145. The number of aromatic amines is 1. The Morgan fingerprint density at radius 3 is 2.64 bits per heavy atom. The lowest BCUT2D eigenvalue weighted by Gasteiger charge is -2.36. The standard InChI is InChI=1S/C42H41F2N9O3/c1-23-38(31(45)11-14-50(23)41(54)34-20-25-19-33(46-22-35(25)48-34)24-12-17-56-18-13-24)40(49-32-8-7-30(43)27-3-2-4-28(27)32)52-16-15-51(42(52)55)37-10-9-36-29(39(37)44)21-47-53(36)26-5-6-26/h7-10,15-16,19-24,26,48H,2-6,11-14,17-18,45H2,1H3/t23-/m0/s1. The number of amides is 1. The highest BCUT2D eigenvalue weighted by Gasteiger charge is 2.35. The van der Waals surface area contributed by atoms with E-state index in [2.05, 4.69) is 10.1 Å². The average Bonchev–Trinajstić information content (AvgIpc) is 3.55. The number of carbonyl (C=O) groups is 1. The number of aromatic nitrogens is 6. The molecule has 1 saturated carbocycles. The smallest absolute Gasteiger partial charge is 0.338 e. The van der Waals surface area contributed by atoms with Crippen molar-refractivity contribution < 1.29 is 18.3 Å². The van der Waals surface area contributed by atoms with E-state index in [1.165, 1.54) is 33.8 Å². The van der Waals surface area contributed by atoms with Crippen LogP contribution in [0, 0.1) is 11.6 Å². The first kappa shape index (κ1) is 34.6. The normalized spacial score (nSPS) is 19.4. The zero-order chi connectivity index (χ0) is 38.2. The van der Waals surface area contributed by atoms with Gasteiger partial charge in [0, 0.05) is 66.8 Å². The first-order valence-electron chi connectivity index (χ1n) is 19.5. The maximum Gasteiger partial charge on any atom is 0.338 e. The van der Waals surface area contributed by atoms with Crippen LogP contribution in [0.25, 0.3) is 27.5 Å². The number of hydrogen-bond donors (Lipinski definition) is 2. The molecule has 0 bridgehead atoms. The van der Waals surface area contributed by atoms with Gasteiger partial charge in [-0.25, -0.2) is 18.6 Å². The molecule has 10 rings (SSSR count). The Balaban J connectivity index is 1.04. The Labute approximate surface area is 320 Å². The number of nitrogens with one attached hydrogen (secondary N) is 1. The summed E-state index contributed by atoms with van der Waals surface area (Å²) in [5.41, 5.74) is 12.0. The van der Waals surface area contributed by atoms with Gasteiger partial charge in [0.15, 0.2) is 5.82 Å². The van der Waals surface area contributed by atoms with E-state index in [0.29, 0.717) is 84.1 Å². The minimum atomic E-state index is -0.623. The van der Waals surface area contributed by atoms with Crippen molar-refractivity contribution in [3.05, 3.63) is 117 Å². The molecule has 6 aromatic rings. The number of aliphatic imine (C=N–C) groups is 1. The molecular formula is C42H41F2N9O3. The SMILES string of the molecule is C[C@H]1C(C(=Nc2ccc(F)c3c2CCC3)n2ccn(-c3ccc4c(cnn4C4CC4)c3F)c2=O)=C(N)CCN1C(=O)c1cc2cc(C3CCOCC3)ncc2[nH]1. The summed E-state index contributed by atoms with van der Waals surface area (Å²) < 4.78 is 41.1. The number of rotatable bonds is 6. The second-order valence-electron chi connectivity index (χ2n) is 15.4. The molecule has 1 saturated heterocycles. The number of hydrogen-bond acceptors (Lipinski definition) is 7. The van der Waals surface area contributed by atoms with Crippen LogP contribution >= 0.6 is 0 Å². The monoisotopic (exact) mass is 757 g/mol. The third kappa shape index (κ3) is 5.68. The fraction of sp³-hybridized carbons (Fsp3) is 0.357. The highest BCUT2D eigenvalue weighted by atomic mass is 19.1. The van der Waals surface area contributed by atoms with E-state index in [4.69, 9.17) is 20.4 Å². The van der Waals surface area contributed by atoms with E-state index in [0.717, 1.165) is 54.3 Å². The van der Waals surface area contributed by atoms with Crippen LogP contribution < -0.4 is 11.4 Å². The molecule has 14 heteroatoms. The van der Waals surface area contributed by atoms with Crippen molar-refractivity contribution in [2.24, 2.45) is 10.7 Å². The predicted molar refractivity (Wildman–Crippen MR) is 208 cm³/mol. The maximum absolute atomic E-state index is 16.2. The van der Waals surface area contributed by atoms with Crippen molar-refractivity contribution in [1.82, 2.24) is 33.8 Å². The van der Waals surface area contributed by atoms with E-state index in [-0.39, 0.29) is 29.3 Å². The lowest BCUT2D eigenvalue weighted by Crippen LogP contribution is -2.48. The molecule has 3 N–H and O–H groups in total. The van der Waals surface area contributed by atoms with Gasteiger partial charge < -0.3 is 20.4 Å². The average molecular weight is 758 g/mol. The van der Waals surface area contributed by atoms with E-state index < -0.39 is 17.5 Å². The molecule has 0 radical (unpaired) electrons. The molecule has 2 fully saturated rings. The molecule has 0 unspecified atom stereocenters. The second kappa shape index (κ2) is 13.4. The zero-order valence-corrected chi connectivity index (χ0v) is 31.0. The van der Waals surface area contributed by atoms with E-state index in [1.807, 2.05) is 23.7 Å². The third-order valence-corrected chi connectivity index (χ3v) is 12.0. The van der Waals surface area contributed by atoms with Crippen LogP contribution in [0.3, 0.4) is 0 Å². The summed E-state index contributed by atoms with van der Waals surface area (Å²) in [7, 11) is 0. The first-order valence-corrected chi connectivity index (χ1v) is 19.5. The van der Waals surface area contributed by atoms with Gasteiger partial charge in [0.2, 0.25) is 0 Å². The molecule has 286 valence electrons. The Kier molecular flexibility index (Phi) is 8.28. The number of ether oxygens (including phenoxy) is 1. The number of nitrogens with zero attached hydrogens (tertiary/aromatic N) is 7. The Bertz CT molecular complexity index is 2690. The minimum absolute atomic E-state index is 0.0716. The molecular weight excluding hydrogens is 717 g/mol. The molecule has 4 aliphatic rings. The van der Waals surface area contributed by atoms with Gasteiger partial charge in [0.25, 0.3) is 5.91 Å². The van der Waals surface area contributed by atoms with E-state index in [1.54, 1.807) is 29.3 Å². The number of nitrogens with two attached hydrogens (primary N) is 1. The lowest BCUT2D eigenvalue weighted by atomic mass is 9.95. The van der Waals surface area contributed by atoms with Crippen molar-refractivity contribution in [3.8, 4) is 5.69 Å². The molecule has 1 amide bonds. The van der Waals surface area contributed by atoms with Crippen molar-refractivity contribution in [2.75, 3.05) is 19.8 Å². The number of halogens is 2. The number of benzene rings is 2. The van der Waals surface area contributed by atoms with Gasteiger partial charge in [0.05, 0.1) is 52.3 Å². The summed E-state index contributed by atoms with van der Waals surface area (Å²) >= 11 is 0. The Hall–Kier alpha value is -5.89. The fourth-order valence-electron chi connectivity index (χ4n) is 8.84. The highest BCUT2D eigenvalue weighted by molar-refractivity contribution is 6.05. The van der Waals surface area contributed by atoms with Gasteiger partial charge in [-0.3, -0.25) is 23.6 Å². The fourth-order valence-corrected chi connectivity index (χ4v) is 8.84. The number of H-pyrrole nitrogens is 1. The first-order chi connectivity index (χ1) is 27.2. The molecule has 4 aromatic heterocycles. The summed E-state index contributed by atoms with van der Waals surface area (Å²) in [6, 6.07) is 9.94. The van der Waals surface area contributed by atoms with Crippen LogP contribution in [0.5, 0.6) is 0 Å². The summed E-state index contributed by atoms with van der Waals surface area (Å²) in [6.45, 7) is 3.62. The van der Waals surface area contributed by atoms with Crippen molar-refractivity contribution in [3.63, 3.8) is 0 Å². The molecule has 2 aliphatic heterocycles. The largest absolute Gasteiger partial charge is 0.402 e. The van der Waals surface area contributed by atoms with Crippen LogP contribution in [0.2, 0.25) is 0 Å². The van der Waals surface area contributed by atoms with E-state index in [9.17, 15) is 14.0 Å². The zero-order valence-electron chi connectivity index (χ0n) is 31.0. The van der Waals surface area contributed by atoms with Gasteiger partial charge in [-0.15, -0.1) is 0 Å². The third-order valence-electron chi connectivity index (χ3n) is 12.0. The summed E-state index contributed by atoms with van der Waals surface area (Å²) in [5, 5.41) is 5.65. The molecule has 56 heavy (non-hydrogen) atoms. The summed E-state index contributed by atoms with van der Waals surface area (Å²) in [6.07, 6.45) is 12.5. The second-order valence-corrected chi connectivity index (χ2v) is 15.4. The summed E-state index contributed by atoms with van der Waals surface area (Å²) in [5.74, 6) is -0.572. The van der Waals surface area contributed by atoms with Crippen molar-refractivity contribution in [1.29, 1.82) is 0 Å². The van der Waals surface area contributed by atoms with Crippen LogP contribution in [-0.4, -0.2) is 71.3 Å². The van der Waals surface area contributed by atoms with Gasteiger partial charge in [-0.1, -0.05) is 0 Å². The van der Waals surface area contributed by atoms with Crippen molar-refractivity contribution in [2.45, 2.75) is 76.3 Å². The molecule has 2 aliphatic carbocycles. The van der Waals surface area contributed by atoms with Gasteiger partial charge in [0.1, 0.15) is 17.3 Å². The molecule has 12 nitrogen and oxygen atoms in total. The Morgan fingerprint density at radius 1 is 1.00 bits per heavy atom. The molecule has 1 atom stereocenters. The molecule has 2 aromatic carbocycles. The van der Waals surface area contributed by atoms with Gasteiger partial charge in [-0.2, -0.15) is 5.10 Å². The van der Waals surface area contributed by atoms with E-state index >= 15 is 4.39 Å². The predicted octanol–water partition coefficient (Wildman–Crippen LogP) is 6.59. The minimum Gasteiger partial charge on any atom is -0.402 e. The molecule has 0 spiro atoms. The topological polar surface area (TPSA) is 141 Å². The van der Waals surface area contributed by atoms with Crippen LogP contribution in [0.1, 0.15) is 84.7 Å². The highest BCUT2D eigenvalue weighted by Crippen LogP contribution is 2.38. The number of fused-ring (bicyclic) bond motifs is 3. The number of imidazole rings is 1. The summed E-state index contributed by atoms with van der Waals surface area (Å²) in [4.78, 5) is 43.6. The van der Waals surface area contributed by atoms with Crippen LogP contribution in [0.4, 0.5) is 14.5 Å². The number of pyridine rings is 1.